The highest BCUT2D eigenvalue weighted by atomic mass is 35.5. The fourth-order valence-corrected chi connectivity index (χ4v) is 8.50. The maximum Gasteiger partial charge on any atom is 0.254 e. The molecule has 0 radical (unpaired) electrons. The molecule has 6 atom stereocenters. The van der Waals surface area contributed by atoms with E-state index >= 15 is 0 Å². The zero-order chi connectivity index (χ0) is 21.8. The number of halogens is 1. The average molecular weight is 451 g/mol. The van der Waals surface area contributed by atoms with Gasteiger partial charge in [0, 0.05) is 40.5 Å². The Bertz CT molecular complexity index is 1150. The van der Waals surface area contributed by atoms with Crippen molar-refractivity contribution in [1.29, 1.82) is 0 Å². The number of likely N-dealkylation sites (N-methyl/N-ethyl adjacent to an activating group) is 1. The Balaban J connectivity index is 1.37. The summed E-state index contributed by atoms with van der Waals surface area (Å²) in [5, 5.41) is 11.0. The van der Waals surface area contributed by atoms with Gasteiger partial charge in [-0.05, 0) is 80.7 Å². The van der Waals surface area contributed by atoms with E-state index in [4.69, 9.17) is 16.3 Å². The molecule has 0 spiro atoms. The van der Waals surface area contributed by atoms with Crippen LogP contribution in [0.4, 0.5) is 0 Å². The number of hydrogen-bond donors (Lipinski definition) is 1. The van der Waals surface area contributed by atoms with Gasteiger partial charge < -0.3 is 19.6 Å². The van der Waals surface area contributed by atoms with Crippen molar-refractivity contribution in [2.24, 2.45) is 5.92 Å². The third kappa shape index (κ3) is 2.15. The smallest absolute Gasteiger partial charge is 0.254 e. The first-order valence-electron chi connectivity index (χ1n) is 11.7. The minimum atomic E-state index is -0.224. The molecule has 3 aliphatic heterocycles. The van der Waals surface area contributed by atoms with Gasteiger partial charge in [-0.3, -0.25) is 4.79 Å². The van der Waals surface area contributed by atoms with E-state index in [0.717, 1.165) is 32.2 Å². The van der Waals surface area contributed by atoms with E-state index in [1.807, 2.05) is 24.3 Å². The Morgan fingerprint density at radius 1 is 1.22 bits per heavy atom. The lowest BCUT2D eigenvalue weighted by atomic mass is 9.46. The van der Waals surface area contributed by atoms with Crippen LogP contribution in [0.5, 0.6) is 5.75 Å². The van der Waals surface area contributed by atoms with E-state index in [-0.39, 0.29) is 35.0 Å². The van der Waals surface area contributed by atoms with E-state index in [2.05, 4.69) is 22.9 Å². The van der Waals surface area contributed by atoms with Crippen LogP contribution in [-0.4, -0.2) is 64.7 Å². The van der Waals surface area contributed by atoms with Crippen LogP contribution in [0.3, 0.4) is 0 Å². The van der Waals surface area contributed by atoms with Gasteiger partial charge in [0.2, 0.25) is 0 Å². The lowest BCUT2D eigenvalue weighted by Crippen LogP contribution is -2.73. The third-order valence-corrected chi connectivity index (χ3v) is 9.57. The minimum Gasteiger partial charge on any atom is -0.508 e. The molecule has 166 valence electrons. The molecule has 2 aromatic rings. The number of nitrogens with zero attached hydrogens (tertiary/aromatic N) is 2. The molecule has 4 bridgehead atoms. The van der Waals surface area contributed by atoms with E-state index in [0.29, 0.717) is 28.9 Å². The highest BCUT2D eigenvalue weighted by Gasteiger charge is 2.77. The molecule has 4 fully saturated rings. The molecule has 5 unspecified atom stereocenters. The van der Waals surface area contributed by atoms with Gasteiger partial charge in [0.25, 0.3) is 5.91 Å². The Morgan fingerprint density at radius 2 is 2.09 bits per heavy atom. The van der Waals surface area contributed by atoms with Crippen molar-refractivity contribution in [3.8, 4) is 5.75 Å². The number of fused-ring (bicyclic) bond motifs is 1. The minimum absolute atomic E-state index is 0.0351. The first kappa shape index (κ1) is 19.4. The summed E-state index contributed by atoms with van der Waals surface area (Å²) in [5.74, 6) is 0.641. The molecule has 2 aromatic carbocycles. The van der Waals surface area contributed by atoms with Crippen LogP contribution in [0.1, 0.15) is 40.7 Å². The van der Waals surface area contributed by atoms with Gasteiger partial charge in [-0.2, -0.15) is 0 Å². The number of ether oxygens (including phenoxy) is 1. The Hall–Kier alpha value is -2.08. The predicted octanol–water partition coefficient (Wildman–Crippen LogP) is 3.62. The Kier molecular flexibility index (Phi) is 3.81. The maximum atomic E-state index is 13.6. The molecule has 1 saturated carbocycles. The fraction of sp³-hybridized carbons (Fsp3) is 0.500. The van der Waals surface area contributed by atoms with Gasteiger partial charge in [0.1, 0.15) is 5.75 Å². The third-order valence-electron chi connectivity index (χ3n) is 9.34. The number of piperidine rings is 1. The highest BCUT2D eigenvalue weighted by molar-refractivity contribution is 6.30. The summed E-state index contributed by atoms with van der Waals surface area (Å²) in [7, 11) is 2.23. The summed E-state index contributed by atoms with van der Waals surface area (Å²) in [6.07, 6.45) is 3.92. The van der Waals surface area contributed by atoms with Crippen molar-refractivity contribution < 1.29 is 14.6 Å². The second-order valence-corrected chi connectivity index (χ2v) is 10.8. The van der Waals surface area contributed by atoms with E-state index in [1.54, 1.807) is 12.1 Å². The number of phenols is 1. The Labute approximate surface area is 192 Å². The molecule has 3 heterocycles. The second kappa shape index (κ2) is 6.28. The standard InChI is InChI=1S/C26H27ClN2O3/c1-28-10-9-25-19-13-18(30)6-5-15(19)12-22(28)26(25)8-7-20-23(25)21(32-26)14-29(20)24(31)16-3-2-4-17(27)11-16/h2-6,11,13,20-23,30H,7-10,12,14H2,1H3/t20?,21-,22?,23?,25?,26?/m1/s1. The van der Waals surface area contributed by atoms with E-state index < -0.39 is 0 Å². The summed E-state index contributed by atoms with van der Waals surface area (Å²) in [5.41, 5.74) is 2.89. The molecule has 3 saturated heterocycles. The molecular formula is C26H27ClN2O3. The van der Waals surface area contributed by atoms with Gasteiger partial charge in [-0.15, -0.1) is 0 Å². The first-order chi connectivity index (χ1) is 15.4. The number of benzene rings is 2. The SMILES string of the molecule is CN1CCC23c4cc(O)ccc4CC1C21CCC2C3[C@@H](CN2C(=O)c2cccc(Cl)c2)O1. The van der Waals surface area contributed by atoms with Gasteiger partial charge in [0.15, 0.2) is 0 Å². The van der Waals surface area contributed by atoms with Crippen molar-refractivity contribution in [3.63, 3.8) is 0 Å². The monoisotopic (exact) mass is 450 g/mol. The molecule has 0 aromatic heterocycles. The van der Waals surface area contributed by atoms with Crippen molar-refractivity contribution in [3.05, 3.63) is 64.2 Å². The predicted molar refractivity (Wildman–Crippen MR) is 121 cm³/mol. The van der Waals surface area contributed by atoms with Crippen LogP contribution in [0, 0.1) is 5.92 Å². The molecule has 5 nitrogen and oxygen atoms in total. The van der Waals surface area contributed by atoms with Gasteiger partial charge in [-0.1, -0.05) is 23.7 Å². The quantitative estimate of drug-likeness (QED) is 0.721. The van der Waals surface area contributed by atoms with Crippen molar-refractivity contribution >= 4 is 17.5 Å². The number of likely N-dealkylation sites (tertiary alicyclic amines) is 2. The van der Waals surface area contributed by atoms with Crippen LogP contribution >= 0.6 is 11.6 Å². The molecule has 1 N–H and O–H groups in total. The van der Waals surface area contributed by atoms with Crippen LogP contribution in [0.2, 0.25) is 5.02 Å². The summed E-state index contributed by atoms with van der Waals surface area (Å²) in [4.78, 5) is 18.1. The summed E-state index contributed by atoms with van der Waals surface area (Å²) in [6, 6.07) is 13.7. The highest BCUT2D eigenvalue weighted by Crippen LogP contribution is 2.69. The number of aromatic hydroxyl groups is 1. The van der Waals surface area contributed by atoms with Gasteiger partial charge >= 0.3 is 0 Å². The molecule has 1 amide bonds. The zero-order valence-electron chi connectivity index (χ0n) is 18.1. The lowest BCUT2D eigenvalue weighted by molar-refractivity contribution is -0.165. The van der Waals surface area contributed by atoms with Gasteiger partial charge in [-0.25, -0.2) is 0 Å². The van der Waals surface area contributed by atoms with Crippen LogP contribution in [0.25, 0.3) is 0 Å². The van der Waals surface area contributed by atoms with Crippen molar-refractivity contribution in [2.75, 3.05) is 20.1 Å². The number of carbonyl (C=O) groups is 1. The number of carbonyl (C=O) groups excluding carboxylic acids is 1. The summed E-state index contributed by atoms with van der Waals surface area (Å²) in [6.45, 7) is 1.65. The molecule has 2 aliphatic carbocycles. The van der Waals surface area contributed by atoms with Crippen LogP contribution in [-0.2, 0) is 16.6 Å². The van der Waals surface area contributed by atoms with Gasteiger partial charge in [0.05, 0.1) is 11.7 Å². The fourth-order valence-electron chi connectivity index (χ4n) is 8.31. The van der Waals surface area contributed by atoms with E-state index in [9.17, 15) is 9.90 Å². The van der Waals surface area contributed by atoms with Crippen LogP contribution < -0.4 is 0 Å². The largest absolute Gasteiger partial charge is 0.508 e. The molecule has 5 aliphatic rings. The number of rotatable bonds is 1. The molecule has 32 heavy (non-hydrogen) atoms. The van der Waals surface area contributed by atoms with Crippen molar-refractivity contribution in [2.45, 2.75) is 54.9 Å². The number of hydrogen-bond acceptors (Lipinski definition) is 4. The lowest BCUT2D eigenvalue weighted by Gasteiger charge is -2.64. The second-order valence-electron chi connectivity index (χ2n) is 10.4. The molecule has 6 heteroatoms. The zero-order valence-corrected chi connectivity index (χ0v) is 18.9. The summed E-state index contributed by atoms with van der Waals surface area (Å²) >= 11 is 6.19. The number of amides is 1. The normalized spacial score (nSPS) is 39.0. The average Bonchev–Trinajstić information content (AvgIpc) is 3.22. The first-order valence-corrected chi connectivity index (χ1v) is 12.1. The maximum absolute atomic E-state index is 13.6. The molecular weight excluding hydrogens is 424 g/mol. The number of phenolic OH excluding ortho intramolecular Hbond substituents is 1. The molecule has 7 rings (SSSR count). The topological polar surface area (TPSA) is 53.0 Å². The summed E-state index contributed by atoms with van der Waals surface area (Å²) < 4.78 is 7.09. The Morgan fingerprint density at radius 3 is 2.94 bits per heavy atom. The van der Waals surface area contributed by atoms with Crippen molar-refractivity contribution in [1.82, 2.24) is 9.80 Å². The van der Waals surface area contributed by atoms with Crippen LogP contribution in [0.15, 0.2) is 42.5 Å². The van der Waals surface area contributed by atoms with E-state index in [1.165, 1.54) is 11.1 Å².